The summed E-state index contributed by atoms with van der Waals surface area (Å²) < 4.78 is 0.789. The normalized spacial score (nSPS) is 15.4. The molecule has 2 N–H and O–H groups in total. The van der Waals surface area contributed by atoms with Crippen LogP contribution in [0.5, 0.6) is 0 Å². The number of carbonyl (C=O) groups is 1. The Kier molecular flexibility index (Phi) is 4.55. The van der Waals surface area contributed by atoms with E-state index in [4.69, 9.17) is 0 Å². The molecule has 1 aromatic carbocycles. The summed E-state index contributed by atoms with van der Waals surface area (Å²) in [5.74, 6) is 0.242. The summed E-state index contributed by atoms with van der Waals surface area (Å²) in [5.41, 5.74) is 2.84. The van der Waals surface area contributed by atoms with Gasteiger partial charge in [0.05, 0.1) is 0 Å². The van der Waals surface area contributed by atoms with E-state index in [9.17, 15) is 9.90 Å². The summed E-state index contributed by atoms with van der Waals surface area (Å²) >= 11 is 3.37. The van der Waals surface area contributed by atoms with Crippen LogP contribution in [-0.4, -0.2) is 22.1 Å². The number of benzene rings is 1. The van der Waals surface area contributed by atoms with Crippen molar-refractivity contribution in [2.75, 3.05) is 5.32 Å². The van der Waals surface area contributed by atoms with Crippen molar-refractivity contribution in [3.8, 4) is 0 Å². The molecule has 1 fully saturated rings. The van der Waals surface area contributed by atoms with Gasteiger partial charge in [-0.05, 0) is 64.0 Å². The van der Waals surface area contributed by atoms with Crippen molar-refractivity contribution in [1.82, 2.24) is 4.98 Å². The lowest BCUT2D eigenvalue weighted by Crippen LogP contribution is -2.29. The van der Waals surface area contributed by atoms with E-state index in [2.05, 4.69) is 32.3 Å². The fourth-order valence-corrected chi connectivity index (χ4v) is 2.80. The van der Waals surface area contributed by atoms with Crippen LogP contribution < -0.4 is 5.32 Å². The lowest BCUT2D eigenvalue weighted by atomic mass is 10.1. The first kappa shape index (κ1) is 15.2. The third-order valence-electron chi connectivity index (χ3n) is 3.78. The Bertz CT molecular complexity index is 686. The van der Waals surface area contributed by atoms with Crippen LogP contribution in [0.1, 0.15) is 29.9 Å². The molecule has 4 nitrogen and oxygen atoms in total. The van der Waals surface area contributed by atoms with Crippen LogP contribution in [0.3, 0.4) is 0 Å². The van der Waals surface area contributed by atoms with E-state index in [1.54, 1.807) is 18.5 Å². The van der Waals surface area contributed by atoms with Gasteiger partial charge in [0.15, 0.2) is 0 Å². The number of hydrogen-bond acceptors (Lipinski definition) is 3. The Morgan fingerprint density at radius 2 is 2.23 bits per heavy atom. The number of anilines is 1. The molecule has 3 rings (SSSR count). The van der Waals surface area contributed by atoms with Gasteiger partial charge in [0, 0.05) is 29.0 Å². The highest BCUT2D eigenvalue weighted by molar-refractivity contribution is 9.10. The molecule has 0 saturated heterocycles. The number of amides is 1. The lowest BCUT2D eigenvalue weighted by Gasteiger charge is -2.13. The topological polar surface area (TPSA) is 62.2 Å². The monoisotopic (exact) mass is 360 g/mol. The van der Waals surface area contributed by atoms with Crippen molar-refractivity contribution in [3.63, 3.8) is 0 Å². The molecule has 1 aliphatic carbocycles. The third kappa shape index (κ3) is 3.72. The Labute approximate surface area is 137 Å². The zero-order valence-corrected chi connectivity index (χ0v) is 13.6. The van der Waals surface area contributed by atoms with Gasteiger partial charge >= 0.3 is 0 Å². The summed E-state index contributed by atoms with van der Waals surface area (Å²) in [6.45, 7) is 0. The molecule has 1 aromatic heterocycles. The molecule has 1 saturated carbocycles. The third-order valence-corrected chi connectivity index (χ3v) is 4.49. The van der Waals surface area contributed by atoms with Crippen molar-refractivity contribution >= 4 is 27.5 Å². The molecule has 1 unspecified atom stereocenters. The second kappa shape index (κ2) is 6.58. The molecule has 1 amide bonds. The second-order valence-corrected chi connectivity index (χ2v) is 6.43. The summed E-state index contributed by atoms with van der Waals surface area (Å²) in [6.07, 6.45) is 4.88. The highest BCUT2D eigenvalue weighted by atomic mass is 79.9. The molecular weight excluding hydrogens is 344 g/mol. The van der Waals surface area contributed by atoms with Crippen molar-refractivity contribution in [3.05, 3.63) is 58.3 Å². The zero-order valence-electron chi connectivity index (χ0n) is 12.0. The van der Waals surface area contributed by atoms with Gasteiger partial charge in [0.25, 0.3) is 5.91 Å². The average Bonchev–Trinajstić information content (AvgIpc) is 3.34. The van der Waals surface area contributed by atoms with E-state index in [0.29, 0.717) is 5.92 Å². The van der Waals surface area contributed by atoms with Crippen molar-refractivity contribution in [1.29, 1.82) is 0 Å². The lowest BCUT2D eigenvalue weighted by molar-refractivity contribution is -0.123. The number of aromatic nitrogens is 1. The standard InChI is InChI=1S/C17H17BrN2O2/c18-15-10-19-7-6-13(15)9-16(21)17(22)20-14-3-1-2-12(8-14)11-4-5-11/h1-3,6-8,10-11,16,21H,4-5,9H2,(H,20,22). The van der Waals surface area contributed by atoms with Gasteiger partial charge in [-0.3, -0.25) is 9.78 Å². The van der Waals surface area contributed by atoms with Crippen LogP contribution >= 0.6 is 15.9 Å². The van der Waals surface area contributed by atoms with E-state index < -0.39 is 12.0 Å². The number of hydrogen-bond donors (Lipinski definition) is 2. The number of halogens is 1. The molecule has 0 spiro atoms. The maximum absolute atomic E-state index is 12.1. The number of rotatable bonds is 5. The fraction of sp³-hybridized carbons (Fsp3) is 0.294. The zero-order chi connectivity index (χ0) is 15.5. The highest BCUT2D eigenvalue weighted by Gasteiger charge is 2.24. The van der Waals surface area contributed by atoms with Gasteiger partial charge in [-0.25, -0.2) is 0 Å². The SMILES string of the molecule is O=C(Nc1cccc(C2CC2)c1)C(O)Cc1ccncc1Br. The van der Waals surface area contributed by atoms with Gasteiger partial charge in [-0.15, -0.1) is 0 Å². The van der Waals surface area contributed by atoms with Crippen molar-refractivity contribution in [2.45, 2.75) is 31.3 Å². The van der Waals surface area contributed by atoms with Gasteiger partial charge in [0.2, 0.25) is 0 Å². The van der Waals surface area contributed by atoms with Crippen LogP contribution in [0, 0.1) is 0 Å². The number of nitrogens with one attached hydrogen (secondary N) is 1. The number of aliphatic hydroxyl groups excluding tert-OH is 1. The van der Waals surface area contributed by atoms with Crippen LogP contribution in [0.25, 0.3) is 0 Å². The highest BCUT2D eigenvalue weighted by Crippen LogP contribution is 2.40. The number of nitrogens with zero attached hydrogens (tertiary/aromatic N) is 1. The molecule has 5 heteroatoms. The van der Waals surface area contributed by atoms with E-state index in [1.807, 2.05) is 18.2 Å². The van der Waals surface area contributed by atoms with Gasteiger partial charge in [0.1, 0.15) is 6.10 Å². The molecule has 2 aromatic rings. The first-order valence-electron chi connectivity index (χ1n) is 7.31. The maximum Gasteiger partial charge on any atom is 0.253 e. The largest absolute Gasteiger partial charge is 0.383 e. The molecular formula is C17H17BrN2O2. The Balaban J connectivity index is 1.63. The minimum absolute atomic E-state index is 0.247. The Morgan fingerprint density at radius 1 is 1.41 bits per heavy atom. The minimum Gasteiger partial charge on any atom is -0.383 e. The first-order valence-corrected chi connectivity index (χ1v) is 8.10. The Morgan fingerprint density at radius 3 is 2.95 bits per heavy atom. The first-order chi connectivity index (χ1) is 10.6. The molecule has 0 aliphatic heterocycles. The van der Waals surface area contributed by atoms with Crippen LogP contribution in [-0.2, 0) is 11.2 Å². The molecule has 0 radical (unpaired) electrons. The predicted molar refractivity (Wildman–Crippen MR) is 88.7 cm³/mol. The van der Waals surface area contributed by atoms with Crippen molar-refractivity contribution < 1.29 is 9.90 Å². The molecule has 1 atom stereocenters. The summed E-state index contributed by atoms with van der Waals surface area (Å²) in [4.78, 5) is 16.1. The van der Waals surface area contributed by atoms with E-state index >= 15 is 0 Å². The molecule has 1 heterocycles. The molecule has 0 bridgehead atoms. The quantitative estimate of drug-likeness (QED) is 0.859. The van der Waals surface area contributed by atoms with E-state index in [0.717, 1.165) is 15.7 Å². The minimum atomic E-state index is -1.09. The summed E-state index contributed by atoms with van der Waals surface area (Å²) in [7, 11) is 0. The Hall–Kier alpha value is -1.72. The molecule has 22 heavy (non-hydrogen) atoms. The van der Waals surface area contributed by atoms with E-state index in [1.165, 1.54) is 18.4 Å². The van der Waals surface area contributed by atoms with Gasteiger partial charge in [-0.1, -0.05) is 12.1 Å². The summed E-state index contributed by atoms with van der Waals surface area (Å²) in [6, 6.07) is 9.64. The summed E-state index contributed by atoms with van der Waals surface area (Å²) in [5, 5.41) is 12.9. The predicted octanol–water partition coefficient (Wildman–Crippen LogP) is 3.26. The van der Waals surface area contributed by atoms with Crippen LogP contribution in [0.4, 0.5) is 5.69 Å². The average molecular weight is 361 g/mol. The van der Waals surface area contributed by atoms with Gasteiger partial charge < -0.3 is 10.4 Å². The number of aliphatic hydroxyl groups is 1. The van der Waals surface area contributed by atoms with Crippen molar-refractivity contribution in [2.24, 2.45) is 0 Å². The maximum atomic E-state index is 12.1. The van der Waals surface area contributed by atoms with Crippen LogP contribution in [0.2, 0.25) is 0 Å². The second-order valence-electron chi connectivity index (χ2n) is 5.58. The number of pyridine rings is 1. The molecule has 1 aliphatic rings. The fourth-order valence-electron chi connectivity index (χ4n) is 2.38. The number of carbonyl (C=O) groups excluding carboxylic acids is 1. The van der Waals surface area contributed by atoms with Crippen LogP contribution in [0.15, 0.2) is 47.2 Å². The van der Waals surface area contributed by atoms with Gasteiger partial charge in [-0.2, -0.15) is 0 Å². The van der Waals surface area contributed by atoms with E-state index in [-0.39, 0.29) is 6.42 Å². The molecule has 114 valence electrons. The smallest absolute Gasteiger partial charge is 0.253 e.